The zero-order valence-corrected chi connectivity index (χ0v) is 23.0. The number of hydrogen-bond donors (Lipinski definition) is 1. The lowest BCUT2D eigenvalue weighted by Gasteiger charge is -2.30. The van der Waals surface area contributed by atoms with Crippen molar-refractivity contribution in [3.05, 3.63) is 53.6 Å². The van der Waals surface area contributed by atoms with Crippen LogP contribution in [0.3, 0.4) is 0 Å². The molecule has 2 amide bonds. The van der Waals surface area contributed by atoms with E-state index in [0.29, 0.717) is 23.7 Å². The first-order valence-corrected chi connectivity index (χ1v) is 14.4. The Morgan fingerprint density at radius 2 is 1.78 bits per heavy atom. The molecular weight excluding hydrogens is 494 g/mol. The van der Waals surface area contributed by atoms with Crippen molar-refractivity contribution < 1.29 is 27.5 Å². The zero-order chi connectivity index (χ0) is 27.2. The van der Waals surface area contributed by atoms with Gasteiger partial charge in [0.15, 0.2) is 11.5 Å². The van der Waals surface area contributed by atoms with Gasteiger partial charge >= 0.3 is 0 Å². The second-order valence-electron chi connectivity index (χ2n) is 9.42. The molecule has 37 heavy (non-hydrogen) atoms. The van der Waals surface area contributed by atoms with Crippen molar-refractivity contribution in [3.8, 4) is 11.5 Å². The minimum absolute atomic E-state index is 0.00427. The first-order valence-electron chi connectivity index (χ1n) is 12.5. The number of amides is 2. The number of nitrogens with zero attached hydrogens (tertiary/aromatic N) is 2. The topological polar surface area (TPSA) is 105 Å². The largest absolute Gasteiger partial charge is 0.454 e. The SMILES string of the molecule is CC[C@@H](C)NC(=O)[C@H](C)N(Cc1ccccc1C)C(=O)CCCN(c1ccc2c(c1)OCO2)S(C)(=O)=O. The number of anilines is 1. The Labute approximate surface area is 219 Å². The first-order chi connectivity index (χ1) is 17.5. The predicted octanol–water partition coefficient (Wildman–Crippen LogP) is 3.60. The van der Waals surface area contributed by atoms with E-state index in [2.05, 4.69) is 5.32 Å². The molecule has 2 atom stereocenters. The van der Waals surface area contributed by atoms with Crippen LogP contribution in [0, 0.1) is 6.92 Å². The lowest BCUT2D eigenvalue weighted by Crippen LogP contribution is -2.49. The zero-order valence-electron chi connectivity index (χ0n) is 22.2. The molecule has 0 aromatic heterocycles. The monoisotopic (exact) mass is 531 g/mol. The number of benzene rings is 2. The highest BCUT2D eigenvalue weighted by Gasteiger charge is 2.28. The molecule has 2 aromatic rings. The summed E-state index contributed by atoms with van der Waals surface area (Å²) in [5.74, 6) is 0.611. The quantitative estimate of drug-likeness (QED) is 0.449. The van der Waals surface area contributed by atoms with E-state index in [1.807, 2.05) is 45.0 Å². The summed E-state index contributed by atoms with van der Waals surface area (Å²) in [4.78, 5) is 27.9. The van der Waals surface area contributed by atoms with Gasteiger partial charge in [-0.1, -0.05) is 31.2 Å². The van der Waals surface area contributed by atoms with E-state index >= 15 is 0 Å². The maximum atomic E-state index is 13.4. The molecule has 0 unspecified atom stereocenters. The molecule has 10 heteroatoms. The van der Waals surface area contributed by atoms with Gasteiger partial charge in [-0.05, 0) is 56.9 Å². The van der Waals surface area contributed by atoms with Gasteiger partial charge in [-0.2, -0.15) is 0 Å². The van der Waals surface area contributed by atoms with Crippen LogP contribution in [0.4, 0.5) is 5.69 Å². The summed E-state index contributed by atoms with van der Waals surface area (Å²) in [6, 6.07) is 12.0. The summed E-state index contributed by atoms with van der Waals surface area (Å²) in [5.41, 5.74) is 2.43. The highest BCUT2D eigenvalue weighted by atomic mass is 32.2. The van der Waals surface area contributed by atoms with Crippen molar-refractivity contribution in [2.24, 2.45) is 0 Å². The van der Waals surface area contributed by atoms with Gasteiger partial charge in [0.2, 0.25) is 28.6 Å². The van der Waals surface area contributed by atoms with Crippen LogP contribution in [0.5, 0.6) is 11.5 Å². The number of carbonyl (C=O) groups is 2. The Morgan fingerprint density at radius 1 is 1.08 bits per heavy atom. The van der Waals surface area contributed by atoms with Gasteiger partial charge in [0.05, 0.1) is 11.9 Å². The predicted molar refractivity (Wildman–Crippen MR) is 143 cm³/mol. The molecule has 1 aliphatic rings. The van der Waals surface area contributed by atoms with E-state index < -0.39 is 16.1 Å². The van der Waals surface area contributed by atoms with Gasteiger partial charge < -0.3 is 19.7 Å². The normalized spacial score (nSPS) is 14.1. The molecule has 0 fully saturated rings. The van der Waals surface area contributed by atoms with Crippen LogP contribution in [0.1, 0.15) is 51.2 Å². The van der Waals surface area contributed by atoms with Gasteiger partial charge in [0.1, 0.15) is 6.04 Å². The third-order valence-electron chi connectivity index (χ3n) is 6.57. The van der Waals surface area contributed by atoms with Crippen molar-refractivity contribution >= 4 is 27.5 Å². The van der Waals surface area contributed by atoms with E-state index in [-0.39, 0.29) is 44.0 Å². The number of sulfonamides is 1. The van der Waals surface area contributed by atoms with E-state index in [4.69, 9.17) is 9.47 Å². The number of fused-ring (bicyclic) bond motifs is 1. The second kappa shape index (κ2) is 12.3. The van der Waals surface area contributed by atoms with Crippen LogP contribution < -0.4 is 19.1 Å². The molecule has 0 spiro atoms. The molecule has 0 saturated carbocycles. The van der Waals surface area contributed by atoms with Gasteiger partial charge in [0.25, 0.3) is 0 Å². The average Bonchev–Trinajstić information content (AvgIpc) is 3.32. The summed E-state index contributed by atoms with van der Waals surface area (Å²) in [5, 5.41) is 2.96. The summed E-state index contributed by atoms with van der Waals surface area (Å²) in [6.45, 7) is 8.09. The maximum absolute atomic E-state index is 13.4. The number of nitrogens with one attached hydrogen (secondary N) is 1. The molecule has 0 bridgehead atoms. The number of ether oxygens (including phenoxy) is 2. The minimum Gasteiger partial charge on any atom is -0.454 e. The molecule has 0 radical (unpaired) electrons. The molecule has 2 aromatic carbocycles. The maximum Gasteiger partial charge on any atom is 0.242 e. The summed E-state index contributed by atoms with van der Waals surface area (Å²) in [6.07, 6.45) is 2.28. The van der Waals surface area contributed by atoms with Crippen molar-refractivity contribution in [3.63, 3.8) is 0 Å². The Balaban J connectivity index is 1.74. The molecule has 9 nitrogen and oxygen atoms in total. The Bertz CT molecular complexity index is 1220. The van der Waals surface area contributed by atoms with Crippen LogP contribution >= 0.6 is 0 Å². The van der Waals surface area contributed by atoms with Crippen molar-refractivity contribution in [2.45, 2.75) is 65.6 Å². The highest BCUT2D eigenvalue weighted by molar-refractivity contribution is 7.92. The fraction of sp³-hybridized carbons (Fsp3) is 0.481. The lowest BCUT2D eigenvalue weighted by atomic mass is 10.1. The van der Waals surface area contributed by atoms with Gasteiger partial charge in [-0.15, -0.1) is 0 Å². The molecule has 1 N–H and O–H groups in total. The molecule has 202 valence electrons. The van der Waals surface area contributed by atoms with E-state index in [1.165, 1.54) is 4.31 Å². The van der Waals surface area contributed by atoms with Crippen LogP contribution in [-0.4, -0.2) is 56.8 Å². The molecule has 0 saturated heterocycles. The Morgan fingerprint density at radius 3 is 2.46 bits per heavy atom. The standard InChI is InChI=1S/C27H37N3O6S/c1-6-20(3)28-27(32)21(4)29(17-22-11-8-7-10-19(22)2)26(31)12-9-15-30(37(5,33)34)23-13-14-24-25(16-23)36-18-35-24/h7-8,10-11,13-14,16,20-21H,6,9,12,15,17-18H2,1-5H3,(H,28,32)/t20-,21+/m1/s1. The second-order valence-corrected chi connectivity index (χ2v) is 11.3. The van der Waals surface area contributed by atoms with Gasteiger partial charge in [-0.3, -0.25) is 13.9 Å². The summed E-state index contributed by atoms with van der Waals surface area (Å²) in [7, 11) is -3.61. The van der Waals surface area contributed by atoms with Crippen LogP contribution in [0.25, 0.3) is 0 Å². The van der Waals surface area contributed by atoms with Crippen molar-refractivity contribution in [2.75, 3.05) is 23.9 Å². The summed E-state index contributed by atoms with van der Waals surface area (Å²) >= 11 is 0. The van der Waals surface area contributed by atoms with Gasteiger partial charge in [0, 0.05) is 31.6 Å². The third kappa shape index (κ3) is 7.38. The molecule has 0 aliphatic carbocycles. The molecular formula is C27H37N3O6S. The molecule has 3 rings (SSSR count). The highest BCUT2D eigenvalue weighted by Crippen LogP contribution is 2.36. The van der Waals surface area contributed by atoms with Crippen LogP contribution in [0.15, 0.2) is 42.5 Å². The fourth-order valence-corrected chi connectivity index (χ4v) is 5.02. The molecule has 1 heterocycles. The van der Waals surface area contributed by atoms with Crippen LogP contribution in [0.2, 0.25) is 0 Å². The number of carbonyl (C=O) groups excluding carboxylic acids is 2. The average molecular weight is 532 g/mol. The minimum atomic E-state index is -3.61. The Hall–Kier alpha value is -3.27. The van der Waals surface area contributed by atoms with Gasteiger partial charge in [-0.25, -0.2) is 8.42 Å². The number of aryl methyl sites for hydroxylation is 1. The van der Waals surface area contributed by atoms with Crippen molar-refractivity contribution in [1.82, 2.24) is 10.2 Å². The van der Waals surface area contributed by atoms with Crippen LogP contribution in [-0.2, 0) is 26.2 Å². The fourth-order valence-electron chi connectivity index (χ4n) is 4.06. The number of hydrogen-bond acceptors (Lipinski definition) is 6. The first kappa shape index (κ1) is 28.3. The lowest BCUT2D eigenvalue weighted by molar-refractivity contribution is -0.140. The Kier molecular flexibility index (Phi) is 9.42. The van der Waals surface area contributed by atoms with E-state index in [1.54, 1.807) is 30.0 Å². The van der Waals surface area contributed by atoms with Crippen molar-refractivity contribution in [1.29, 1.82) is 0 Å². The smallest absolute Gasteiger partial charge is 0.242 e. The summed E-state index contributed by atoms with van der Waals surface area (Å²) < 4.78 is 37.1. The third-order valence-corrected chi connectivity index (χ3v) is 7.76. The number of rotatable bonds is 12. The van der Waals surface area contributed by atoms with E-state index in [9.17, 15) is 18.0 Å². The molecule has 1 aliphatic heterocycles. The van der Waals surface area contributed by atoms with E-state index in [0.717, 1.165) is 23.8 Å².